The second kappa shape index (κ2) is 15.5. The quantitative estimate of drug-likeness (QED) is 0.0481. The molecule has 2 aliphatic heterocycles. The maximum absolute atomic E-state index is 13.0. The summed E-state index contributed by atoms with van der Waals surface area (Å²) in [7, 11) is 0. The molecule has 53 heavy (non-hydrogen) atoms. The van der Waals surface area contributed by atoms with Gasteiger partial charge in [-0.2, -0.15) is 0 Å². The minimum atomic E-state index is -1.81. The van der Waals surface area contributed by atoms with Gasteiger partial charge in [-0.25, -0.2) is 4.79 Å². The lowest BCUT2D eigenvalue weighted by molar-refractivity contribution is -0.318. The number of ether oxygens (including phenoxy) is 5. The van der Waals surface area contributed by atoms with Crippen molar-refractivity contribution in [3.8, 4) is 40.1 Å². The first-order valence-electron chi connectivity index (χ1n) is 16.2. The third kappa shape index (κ3) is 8.13. The van der Waals surface area contributed by atoms with Gasteiger partial charge in [0.05, 0.1) is 12.7 Å². The molecule has 9 N–H and O–H groups in total. The van der Waals surface area contributed by atoms with Gasteiger partial charge >= 0.3 is 5.97 Å². The van der Waals surface area contributed by atoms with Crippen LogP contribution in [0.1, 0.15) is 12.5 Å². The van der Waals surface area contributed by atoms with Crippen LogP contribution in [0.4, 0.5) is 0 Å². The molecule has 3 aromatic carbocycles. The van der Waals surface area contributed by atoms with Crippen molar-refractivity contribution in [3.63, 3.8) is 0 Å². The molecule has 0 bridgehead atoms. The number of phenols is 3. The average molecular weight is 741 g/mol. The first-order valence-corrected chi connectivity index (χ1v) is 16.2. The second-order valence-electron chi connectivity index (χ2n) is 12.5. The molecule has 3 heterocycles. The van der Waals surface area contributed by atoms with E-state index in [0.29, 0.717) is 11.1 Å². The van der Waals surface area contributed by atoms with Crippen LogP contribution >= 0.6 is 0 Å². The largest absolute Gasteiger partial charge is 0.507 e. The van der Waals surface area contributed by atoms with Crippen molar-refractivity contribution in [2.75, 3.05) is 6.61 Å². The molecule has 2 fully saturated rings. The molecule has 0 saturated carbocycles. The fraction of sp³-hybridized carbons (Fsp3) is 0.333. The van der Waals surface area contributed by atoms with E-state index >= 15 is 0 Å². The second-order valence-corrected chi connectivity index (χ2v) is 12.5. The van der Waals surface area contributed by atoms with Gasteiger partial charge in [-0.05, 0) is 55.0 Å². The number of aliphatic hydroxyl groups excluding tert-OH is 6. The van der Waals surface area contributed by atoms with Crippen LogP contribution in [0.5, 0.6) is 28.7 Å². The van der Waals surface area contributed by atoms with Crippen molar-refractivity contribution < 1.29 is 78.9 Å². The molecule has 1 aromatic heterocycles. The molecule has 0 amide bonds. The van der Waals surface area contributed by atoms with Crippen molar-refractivity contribution >= 4 is 23.0 Å². The van der Waals surface area contributed by atoms with Gasteiger partial charge in [-0.15, -0.1) is 0 Å². The van der Waals surface area contributed by atoms with E-state index in [0.717, 1.165) is 18.2 Å². The minimum Gasteiger partial charge on any atom is -0.507 e. The molecule has 282 valence electrons. The van der Waals surface area contributed by atoms with Crippen molar-refractivity contribution in [2.45, 2.75) is 68.3 Å². The Labute approximate surface area is 299 Å². The molecule has 0 unspecified atom stereocenters. The molecular formula is C36H36O17. The first-order chi connectivity index (χ1) is 25.2. The van der Waals surface area contributed by atoms with Gasteiger partial charge in [0.1, 0.15) is 76.7 Å². The number of aliphatic hydroxyl groups is 6. The van der Waals surface area contributed by atoms with Crippen LogP contribution in [-0.4, -0.2) is 120 Å². The summed E-state index contributed by atoms with van der Waals surface area (Å²) >= 11 is 0. The van der Waals surface area contributed by atoms with E-state index < -0.39 is 85.2 Å². The van der Waals surface area contributed by atoms with Crippen LogP contribution in [0.2, 0.25) is 0 Å². The van der Waals surface area contributed by atoms with Gasteiger partial charge < -0.3 is 74.1 Å². The van der Waals surface area contributed by atoms with E-state index in [1.165, 1.54) is 61.5 Å². The van der Waals surface area contributed by atoms with Crippen molar-refractivity contribution in [1.82, 2.24) is 0 Å². The van der Waals surface area contributed by atoms with Crippen LogP contribution in [-0.2, 0) is 19.0 Å². The Morgan fingerprint density at radius 1 is 0.736 bits per heavy atom. The van der Waals surface area contributed by atoms with Crippen molar-refractivity contribution in [2.24, 2.45) is 0 Å². The number of esters is 1. The Kier molecular flexibility index (Phi) is 11.0. The van der Waals surface area contributed by atoms with Crippen molar-refractivity contribution in [3.05, 3.63) is 82.5 Å². The number of phenolic OH excluding ortho intramolecular Hbond substituents is 3. The fourth-order valence-corrected chi connectivity index (χ4v) is 5.73. The maximum Gasteiger partial charge on any atom is 0.336 e. The number of rotatable bonds is 9. The summed E-state index contributed by atoms with van der Waals surface area (Å²) in [6.45, 7) is 0.922. The number of carbonyl (C=O) groups excluding carboxylic acids is 1. The smallest absolute Gasteiger partial charge is 0.336 e. The highest BCUT2D eigenvalue weighted by Crippen LogP contribution is 2.34. The lowest BCUT2D eigenvalue weighted by atomic mass is 9.98. The van der Waals surface area contributed by atoms with E-state index in [4.69, 9.17) is 28.1 Å². The molecule has 0 aliphatic carbocycles. The lowest BCUT2D eigenvalue weighted by Gasteiger charge is -2.42. The molecule has 17 heteroatoms. The number of benzene rings is 3. The fourth-order valence-electron chi connectivity index (χ4n) is 5.73. The summed E-state index contributed by atoms with van der Waals surface area (Å²) < 4.78 is 33.4. The van der Waals surface area contributed by atoms with E-state index in [9.17, 15) is 55.5 Å². The topological polar surface area (TPSA) is 275 Å². The highest BCUT2D eigenvalue weighted by Gasteiger charge is 2.47. The molecule has 4 aromatic rings. The number of hydrogen-bond acceptors (Lipinski definition) is 17. The third-order valence-corrected chi connectivity index (χ3v) is 8.71. The normalized spacial score (nSPS) is 29.0. The number of hydrogen-bond donors (Lipinski definition) is 9. The van der Waals surface area contributed by atoms with E-state index in [2.05, 4.69) is 0 Å². The van der Waals surface area contributed by atoms with Crippen LogP contribution < -0.4 is 14.9 Å². The van der Waals surface area contributed by atoms with E-state index in [-0.39, 0.29) is 39.7 Å². The highest BCUT2D eigenvalue weighted by atomic mass is 16.7. The molecule has 2 aliphatic rings. The Hall–Kier alpha value is -5.08. The zero-order valence-corrected chi connectivity index (χ0v) is 27.7. The predicted molar refractivity (Wildman–Crippen MR) is 180 cm³/mol. The van der Waals surface area contributed by atoms with Gasteiger partial charge in [0.2, 0.25) is 6.29 Å². The Morgan fingerprint density at radius 2 is 1.43 bits per heavy atom. The third-order valence-electron chi connectivity index (χ3n) is 8.71. The van der Waals surface area contributed by atoms with Gasteiger partial charge in [0.15, 0.2) is 23.2 Å². The summed E-state index contributed by atoms with van der Waals surface area (Å²) in [5.41, 5.74) is 0.0829. The average Bonchev–Trinajstić information content (AvgIpc) is 3.12. The monoisotopic (exact) mass is 740 g/mol. The van der Waals surface area contributed by atoms with Crippen LogP contribution in [0.25, 0.3) is 28.4 Å². The lowest BCUT2D eigenvalue weighted by Crippen LogP contribution is -2.61. The number of aromatic hydroxyl groups is 3. The summed E-state index contributed by atoms with van der Waals surface area (Å²) in [4.78, 5) is 25.3. The Bertz CT molecular complexity index is 2030. The highest BCUT2D eigenvalue weighted by molar-refractivity contribution is 5.89. The first kappa shape index (κ1) is 37.7. The van der Waals surface area contributed by atoms with Gasteiger partial charge in [-0.3, -0.25) is 4.79 Å². The van der Waals surface area contributed by atoms with Gasteiger partial charge in [0, 0.05) is 29.8 Å². The molecule has 6 rings (SSSR count). The van der Waals surface area contributed by atoms with Crippen LogP contribution in [0, 0.1) is 0 Å². The molecule has 17 nitrogen and oxygen atoms in total. The summed E-state index contributed by atoms with van der Waals surface area (Å²) in [6, 6.07) is 13.4. The maximum atomic E-state index is 13.0. The van der Waals surface area contributed by atoms with E-state index in [1.807, 2.05) is 0 Å². The zero-order valence-electron chi connectivity index (χ0n) is 27.7. The Balaban J connectivity index is 1.15. The minimum absolute atomic E-state index is 0.0627. The molecule has 0 radical (unpaired) electrons. The van der Waals surface area contributed by atoms with Crippen LogP contribution in [0.3, 0.4) is 0 Å². The number of carbonyl (C=O) groups is 1. The summed E-state index contributed by atoms with van der Waals surface area (Å²) in [5, 5.41) is 91.4. The predicted octanol–water partition coefficient (Wildman–Crippen LogP) is 0.226. The number of fused-ring (bicyclic) bond motifs is 1. The van der Waals surface area contributed by atoms with E-state index in [1.54, 1.807) is 0 Å². The van der Waals surface area contributed by atoms with Gasteiger partial charge in [-0.1, -0.05) is 6.07 Å². The molecular weight excluding hydrogens is 704 g/mol. The standard InChI is InChI=1S/C36H36O17/c1-15-29(42)31(44)33(46)35(49-15)48-14-26-30(43)32(45)34(47)36(53-26)51-19-11-22(39)28-23(40)13-24(52-25(28)12-19)17-4-6-18(7-5-17)50-27(41)9-3-16-2-8-20(37)21(38)10-16/h2-13,15,26,29-39,42-47H,14H2,1H3/t15-,26+,29-,30+,31+,32-,33+,34+,35+,36-/m0/s1. The zero-order chi connectivity index (χ0) is 38.1. The van der Waals surface area contributed by atoms with Gasteiger partial charge in [0.25, 0.3) is 0 Å². The SMILES string of the molecule is C[C@@H]1O[C@@H](OC[C@H]2O[C@H](Oc3cc(O)c4c(=O)cc(-c5ccc(OC(=O)C=Cc6ccc(O)c(O)c6)cc5)oc4c3)[C@H](O)[C@@H](O)[C@@H]2O)[C@H](O)[C@H](O)[C@H]1O. The molecule has 2 saturated heterocycles. The summed E-state index contributed by atoms with van der Waals surface area (Å²) in [5.74, 6) is -1.88. The molecule has 0 spiro atoms. The Morgan fingerprint density at radius 3 is 2.15 bits per heavy atom. The van der Waals surface area contributed by atoms with Crippen molar-refractivity contribution in [1.29, 1.82) is 0 Å². The van der Waals surface area contributed by atoms with Crippen LogP contribution in [0.15, 0.2) is 76.0 Å². The molecule has 10 atom stereocenters. The summed E-state index contributed by atoms with van der Waals surface area (Å²) in [6.07, 6.45) is -12.8.